The number of benzene rings is 1. The molecule has 0 aromatic heterocycles. The highest BCUT2D eigenvalue weighted by Gasteiger charge is 2.20. The first-order valence-corrected chi connectivity index (χ1v) is 12.7. The monoisotopic (exact) mass is 513 g/mol. The van der Waals surface area contributed by atoms with E-state index in [2.05, 4.69) is 22.1 Å². The van der Waals surface area contributed by atoms with Gasteiger partial charge < -0.3 is 29.9 Å². The van der Waals surface area contributed by atoms with E-state index in [0.717, 1.165) is 37.0 Å². The zero-order valence-electron chi connectivity index (χ0n) is 23.1. The van der Waals surface area contributed by atoms with Crippen molar-refractivity contribution in [3.05, 3.63) is 53.8 Å². The van der Waals surface area contributed by atoms with Crippen LogP contribution in [-0.2, 0) is 14.3 Å². The number of nitrogens with zero attached hydrogens (tertiary/aromatic N) is 2. The summed E-state index contributed by atoms with van der Waals surface area (Å²) in [5.74, 6) is -0.238. The van der Waals surface area contributed by atoms with Crippen molar-refractivity contribution < 1.29 is 19.1 Å². The molecule has 1 saturated heterocycles. The molecule has 0 bridgehead atoms. The molecule has 0 aliphatic carbocycles. The van der Waals surface area contributed by atoms with Gasteiger partial charge in [0.1, 0.15) is 11.8 Å². The molecule has 204 valence electrons. The Bertz CT molecular complexity index is 975. The highest BCUT2D eigenvalue weighted by Crippen LogP contribution is 2.16. The molecule has 3 N–H and O–H groups in total. The number of nitrogens with one attached hydrogen (secondary N) is 3. The molecule has 1 atom stereocenters. The molecule has 1 aromatic carbocycles. The van der Waals surface area contributed by atoms with Crippen LogP contribution in [0.4, 0.5) is 10.5 Å². The van der Waals surface area contributed by atoms with Crippen LogP contribution >= 0.6 is 0 Å². The lowest BCUT2D eigenvalue weighted by Gasteiger charge is -2.27. The molecule has 1 heterocycles. The van der Waals surface area contributed by atoms with Crippen LogP contribution in [0.15, 0.2) is 48.2 Å². The first-order chi connectivity index (χ1) is 17.4. The van der Waals surface area contributed by atoms with Crippen LogP contribution in [0, 0.1) is 5.41 Å². The normalized spacial score (nSPS) is 16.2. The van der Waals surface area contributed by atoms with E-state index in [-0.39, 0.29) is 18.2 Å². The Kier molecular flexibility index (Phi) is 11.3. The summed E-state index contributed by atoms with van der Waals surface area (Å²) in [4.78, 5) is 27.8. The maximum atomic E-state index is 12.3. The van der Waals surface area contributed by atoms with E-state index in [1.807, 2.05) is 46.2 Å². The maximum Gasteiger partial charge on any atom is 0.410 e. The maximum absolute atomic E-state index is 12.3. The average molecular weight is 514 g/mol. The number of hydrogen-bond acceptors (Lipinski definition) is 7. The van der Waals surface area contributed by atoms with E-state index in [0.29, 0.717) is 36.6 Å². The number of likely N-dealkylation sites (N-methyl/N-ethyl adjacent to an activating group) is 2. The van der Waals surface area contributed by atoms with Crippen molar-refractivity contribution in [2.75, 3.05) is 45.7 Å². The third-order valence-corrected chi connectivity index (χ3v) is 5.73. The molecule has 2 amide bonds. The van der Waals surface area contributed by atoms with Crippen molar-refractivity contribution >= 4 is 23.4 Å². The predicted octanol–water partition coefficient (Wildman–Crippen LogP) is 4.37. The van der Waals surface area contributed by atoms with Crippen molar-refractivity contribution in [1.82, 2.24) is 15.1 Å². The predicted molar refractivity (Wildman–Crippen MR) is 148 cm³/mol. The van der Waals surface area contributed by atoms with E-state index in [9.17, 15) is 9.59 Å². The molecule has 1 aromatic rings. The number of carbonyl (C=O) groups is 2. The van der Waals surface area contributed by atoms with E-state index in [1.165, 1.54) is 0 Å². The molecule has 1 aliphatic heterocycles. The van der Waals surface area contributed by atoms with Gasteiger partial charge >= 0.3 is 6.09 Å². The van der Waals surface area contributed by atoms with Crippen LogP contribution in [0.1, 0.15) is 52.5 Å². The number of rotatable bonds is 11. The molecule has 0 radical (unpaired) electrons. The molecule has 9 heteroatoms. The van der Waals surface area contributed by atoms with Gasteiger partial charge in [-0.25, -0.2) is 4.79 Å². The van der Waals surface area contributed by atoms with Gasteiger partial charge in [0.15, 0.2) is 0 Å². The minimum absolute atomic E-state index is 0.0695. The fraction of sp³-hybridized carbons (Fsp3) is 0.536. The Morgan fingerprint density at radius 1 is 1.19 bits per heavy atom. The highest BCUT2D eigenvalue weighted by molar-refractivity contribution is 6.11. The van der Waals surface area contributed by atoms with Gasteiger partial charge in [0, 0.05) is 56.3 Å². The van der Waals surface area contributed by atoms with Crippen LogP contribution < -0.4 is 10.6 Å². The molecule has 0 spiro atoms. The molecular formula is C28H43N5O4. The van der Waals surface area contributed by atoms with Gasteiger partial charge in [0.05, 0.1) is 5.71 Å². The summed E-state index contributed by atoms with van der Waals surface area (Å²) in [6, 6.07) is 7.19. The number of amides is 2. The first-order valence-electron chi connectivity index (χ1n) is 12.7. The zero-order valence-corrected chi connectivity index (χ0v) is 23.1. The van der Waals surface area contributed by atoms with Gasteiger partial charge in [-0.2, -0.15) is 0 Å². The third kappa shape index (κ3) is 10.8. The molecule has 2 rings (SSSR count). The minimum Gasteiger partial charge on any atom is -0.444 e. The van der Waals surface area contributed by atoms with Crippen molar-refractivity contribution in [2.45, 2.75) is 58.8 Å². The summed E-state index contributed by atoms with van der Waals surface area (Å²) in [5.41, 5.74) is 2.41. The van der Waals surface area contributed by atoms with Crippen molar-refractivity contribution in [3.8, 4) is 0 Å². The first kappa shape index (κ1) is 30.1. The van der Waals surface area contributed by atoms with Gasteiger partial charge in [-0.3, -0.25) is 10.2 Å². The Balaban J connectivity index is 2.08. The Morgan fingerprint density at radius 2 is 1.86 bits per heavy atom. The van der Waals surface area contributed by atoms with Crippen LogP contribution in [-0.4, -0.2) is 79.7 Å². The number of ether oxygens (including phenoxy) is 2. The molecule has 1 aliphatic rings. The fourth-order valence-corrected chi connectivity index (χ4v) is 3.53. The quantitative estimate of drug-likeness (QED) is 0.300. The van der Waals surface area contributed by atoms with Crippen LogP contribution in [0.3, 0.4) is 0 Å². The van der Waals surface area contributed by atoms with E-state index < -0.39 is 5.60 Å². The molecule has 9 nitrogen and oxygen atoms in total. The summed E-state index contributed by atoms with van der Waals surface area (Å²) in [7, 11) is 3.67. The largest absolute Gasteiger partial charge is 0.444 e. The molecule has 1 unspecified atom stereocenters. The number of carbonyl (C=O) groups excluding carboxylic acids is 2. The number of hydrogen-bond donors (Lipinski definition) is 3. The lowest BCUT2D eigenvalue weighted by Crippen LogP contribution is -2.39. The van der Waals surface area contributed by atoms with Crippen molar-refractivity contribution in [1.29, 1.82) is 5.41 Å². The SMILES string of the molecule is C=C(C)C(=O)Nc1ccc(C(=N)/C(=C\NC2CCCCO2)CN(C)CCN(C)C(=O)OC(C)(C)C)cc1. The van der Waals surface area contributed by atoms with E-state index in [4.69, 9.17) is 14.9 Å². The van der Waals surface area contributed by atoms with E-state index in [1.54, 1.807) is 31.0 Å². The third-order valence-electron chi connectivity index (χ3n) is 5.73. The summed E-state index contributed by atoms with van der Waals surface area (Å²) >= 11 is 0. The molecule has 0 saturated carbocycles. The average Bonchev–Trinajstić information content (AvgIpc) is 2.84. The van der Waals surface area contributed by atoms with Crippen molar-refractivity contribution in [2.24, 2.45) is 0 Å². The topological polar surface area (TPSA) is 107 Å². The second kappa shape index (κ2) is 13.9. The fourth-order valence-electron chi connectivity index (χ4n) is 3.53. The Labute approximate surface area is 221 Å². The summed E-state index contributed by atoms with van der Waals surface area (Å²) < 4.78 is 11.2. The standard InChI is InChI=1S/C28H43N5O4/c1-20(2)26(34)31-23-13-11-21(12-14-23)25(29)22(18-30-24-10-8-9-17-36-24)19-32(6)15-16-33(7)27(35)37-28(3,4)5/h11-14,18,24,29-30H,1,8-10,15-17,19H2,2-7H3,(H,31,34)/b22-18-,29-25?. The van der Waals surface area contributed by atoms with E-state index >= 15 is 0 Å². The lowest BCUT2D eigenvalue weighted by atomic mass is 10.0. The smallest absolute Gasteiger partial charge is 0.410 e. The Morgan fingerprint density at radius 3 is 2.43 bits per heavy atom. The Hall–Kier alpha value is -3.17. The summed E-state index contributed by atoms with van der Waals surface area (Å²) in [6.45, 7) is 13.2. The van der Waals surface area contributed by atoms with Crippen LogP contribution in [0.25, 0.3) is 0 Å². The second-order valence-electron chi connectivity index (χ2n) is 10.5. The van der Waals surface area contributed by atoms with Gasteiger partial charge in [0.25, 0.3) is 5.91 Å². The molecular weight excluding hydrogens is 470 g/mol. The van der Waals surface area contributed by atoms with Gasteiger partial charge in [0.2, 0.25) is 0 Å². The second-order valence-corrected chi connectivity index (χ2v) is 10.5. The lowest BCUT2D eigenvalue weighted by molar-refractivity contribution is -0.112. The van der Waals surface area contributed by atoms with Gasteiger partial charge in [-0.05, 0) is 71.7 Å². The van der Waals surface area contributed by atoms with Gasteiger partial charge in [-0.1, -0.05) is 18.7 Å². The highest BCUT2D eigenvalue weighted by atomic mass is 16.6. The molecule has 1 fully saturated rings. The number of anilines is 1. The summed E-state index contributed by atoms with van der Waals surface area (Å²) in [6.07, 6.45) is 4.52. The molecule has 37 heavy (non-hydrogen) atoms. The summed E-state index contributed by atoms with van der Waals surface area (Å²) in [5, 5.41) is 15.0. The zero-order chi connectivity index (χ0) is 27.6. The van der Waals surface area contributed by atoms with Gasteiger partial charge in [-0.15, -0.1) is 0 Å². The minimum atomic E-state index is -0.544. The van der Waals surface area contributed by atoms with Crippen molar-refractivity contribution in [3.63, 3.8) is 0 Å². The van der Waals surface area contributed by atoms with Crippen LogP contribution in [0.2, 0.25) is 0 Å². The van der Waals surface area contributed by atoms with Crippen LogP contribution in [0.5, 0.6) is 0 Å².